The van der Waals surface area contributed by atoms with Gasteiger partial charge in [0.05, 0.1) is 11.9 Å². The van der Waals surface area contributed by atoms with Crippen molar-refractivity contribution in [2.24, 2.45) is 5.92 Å². The Hall–Kier alpha value is -2.60. The molecule has 1 N–H and O–H groups in total. The highest BCUT2D eigenvalue weighted by atomic mass is 16.5. The monoisotopic (exact) mass is 382 g/mol. The van der Waals surface area contributed by atoms with E-state index in [0.29, 0.717) is 17.4 Å². The second-order valence-corrected chi connectivity index (χ2v) is 7.59. The molecule has 0 saturated carbocycles. The lowest BCUT2D eigenvalue weighted by Gasteiger charge is -2.23. The van der Waals surface area contributed by atoms with Crippen LogP contribution in [0.15, 0.2) is 48.7 Å². The van der Waals surface area contributed by atoms with Gasteiger partial charge >= 0.3 is 0 Å². The van der Waals surface area contributed by atoms with Gasteiger partial charge in [-0.25, -0.2) is 4.98 Å². The summed E-state index contributed by atoms with van der Waals surface area (Å²) >= 11 is 0. The van der Waals surface area contributed by atoms with Crippen LogP contribution in [0.5, 0.6) is 5.75 Å². The Morgan fingerprint density at radius 1 is 1.11 bits per heavy atom. The minimum Gasteiger partial charge on any atom is -0.484 e. The van der Waals surface area contributed by atoms with Gasteiger partial charge in [-0.15, -0.1) is 0 Å². The van der Waals surface area contributed by atoms with Crippen molar-refractivity contribution in [2.45, 2.75) is 20.3 Å². The number of nitrogens with zero attached hydrogens (tertiary/aromatic N) is 3. The van der Waals surface area contributed by atoms with Crippen molar-refractivity contribution in [1.29, 1.82) is 0 Å². The van der Waals surface area contributed by atoms with E-state index in [2.05, 4.69) is 33.9 Å². The van der Waals surface area contributed by atoms with E-state index in [1.54, 1.807) is 6.20 Å². The first kappa shape index (κ1) is 20.1. The van der Waals surface area contributed by atoms with Gasteiger partial charge in [0.2, 0.25) is 0 Å². The van der Waals surface area contributed by atoms with Gasteiger partial charge in [-0.05, 0) is 43.1 Å². The number of carbonyl (C=O) groups is 1. The van der Waals surface area contributed by atoms with E-state index in [1.807, 2.05) is 42.5 Å². The summed E-state index contributed by atoms with van der Waals surface area (Å²) in [6, 6.07) is 13.2. The molecule has 0 unspecified atom stereocenters. The number of anilines is 2. The summed E-state index contributed by atoms with van der Waals surface area (Å²) < 4.78 is 5.46. The van der Waals surface area contributed by atoms with E-state index < -0.39 is 0 Å². The molecule has 1 aliphatic heterocycles. The number of carbonyl (C=O) groups excluding carboxylic acids is 1. The van der Waals surface area contributed by atoms with Crippen molar-refractivity contribution in [3.63, 3.8) is 0 Å². The molecule has 1 amide bonds. The van der Waals surface area contributed by atoms with E-state index in [1.165, 1.54) is 0 Å². The minimum atomic E-state index is -0.197. The number of para-hydroxylation sites is 1. The molecule has 3 rings (SSSR count). The van der Waals surface area contributed by atoms with Gasteiger partial charge in [0.15, 0.2) is 6.61 Å². The third kappa shape index (κ3) is 6.23. The maximum atomic E-state index is 12.1. The standard InChI is InChI=1S/C22H30N4O2/c1-18(2)16-25-11-6-12-26(14-13-25)21-10-9-19(15-23-21)24-22(27)17-28-20-7-4-3-5-8-20/h3-5,7-10,15,18H,6,11-14,16-17H2,1-2H3,(H,24,27). The number of rotatable bonds is 7. The van der Waals surface area contributed by atoms with Crippen LogP contribution < -0.4 is 15.0 Å². The van der Waals surface area contributed by atoms with Crippen LogP contribution in [0.1, 0.15) is 20.3 Å². The molecule has 1 aromatic heterocycles. The predicted octanol–water partition coefficient (Wildman–Crippen LogP) is 3.27. The fourth-order valence-corrected chi connectivity index (χ4v) is 3.41. The summed E-state index contributed by atoms with van der Waals surface area (Å²) in [6.07, 6.45) is 2.86. The maximum absolute atomic E-state index is 12.1. The Morgan fingerprint density at radius 3 is 2.64 bits per heavy atom. The molecule has 6 nitrogen and oxygen atoms in total. The first-order valence-corrected chi connectivity index (χ1v) is 10.0. The van der Waals surface area contributed by atoms with E-state index in [0.717, 1.165) is 45.0 Å². The molecule has 0 spiro atoms. The van der Waals surface area contributed by atoms with Crippen molar-refractivity contribution >= 4 is 17.4 Å². The molecular formula is C22H30N4O2. The lowest BCUT2D eigenvalue weighted by Crippen LogP contribution is -2.33. The van der Waals surface area contributed by atoms with Crippen LogP contribution in [0.3, 0.4) is 0 Å². The smallest absolute Gasteiger partial charge is 0.262 e. The van der Waals surface area contributed by atoms with Crippen molar-refractivity contribution in [1.82, 2.24) is 9.88 Å². The molecule has 2 heterocycles. The Kier molecular flexibility index (Phi) is 7.25. The van der Waals surface area contributed by atoms with Crippen molar-refractivity contribution in [3.8, 4) is 5.75 Å². The molecule has 1 aromatic carbocycles. The normalized spacial score (nSPS) is 15.3. The summed E-state index contributed by atoms with van der Waals surface area (Å²) in [5.74, 6) is 2.14. The molecule has 28 heavy (non-hydrogen) atoms. The number of benzene rings is 1. The van der Waals surface area contributed by atoms with Crippen LogP contribution >= 0.6 is 0 Å². The van der Waals surface area contributed by atoms with Crippen LogP contribution in [0.2, 0.25) is 0 Å². The van der Waals surface area contributed by atoms with Gasteiger partial charge < -0.3 is 19.9 Å². The van der Waals surface area contributed by atoms with Crippen molar-refractivity contribution in [3.05, 3.63) is 48.7 Å². The van der Waals surface area contributed by atoms with E-state index >= 15 is 0 Å². The average Bonchev–Trinajstić information content (AvgIpc) is 2.93. The van der Waals surface area contributed by atoms with Crippen LogP contribution in [0.4, 0.5) is 11.5 Å². The zero-order valence-corrected chi connectivity index (χ0v) is 16.8. The second-order valence-electron chi connectivity index (χ2n) is 7.59. The quantitative estimate of drug-likeness (QED) is 0.796. The van der Waals surface area contributed by atoms with Crippen molar-refractivity contribution < 1.29 is 9.53 Å². The van der Waals surface area contributed by atoms with Gasteiger partial charge in [-0.1, -0.05) is 32.0 Å². The van der Waals surface area contributed by atoms with Gasteiger partial charge in [-0.3, -0.25) is 4.79 Å². The summed E-state index contributed by atoms with van der Waals surface area (Å²) in [5.41, 5.74) is 0.682. The van der Waals surface area contributed by atoms with Gasteiger partial charge in [0.25, 0.3) is 5.91 Å². The van der Waals surface area contributed by atoms with Crippen molar-refractivity contribution in [2.75, 3.05) is 49.5 Å². The molecule has 6 heteroatoms. The predicted molar refractivity (Wildman–Crippen MR) is 113 cm³/mol. The number of ether oxygens (including phenoxy) is 1. The topological polar surface area (TPSA) is 57.7 Å². The largest absolute Gasteiger partial charge is 0.484 e. The lowest BCUT2D eigenvalue weighted by atomic mass is 10.2. The molecule has 0 atom stereocenters. The van der Waals surface area contributed by atoms with Crippen LogP contribution in [0.25, 0.3) is 0 Å². The Labute approximate surface area is 167 Å². The molecule has 0 radical (unpaired) electrons. The summed E-state index contributed by atoms with van der Waals surface area (Å²) in [7, 11) is 0. The molecule has 1 aliphatic rings. The van der Waals surface area contributed by atoms with E-state index in [4.69, 9.17) is 4.74 Å². The Morgan fingerprint density at radius 2 is 1.93 bits per heavy atom. The molecule has 0 bridgehead atoms. The maximum Gasteiger partial charge on any atom is 0.262 e. The summed E-state index contributed by atoms with van der Waals surface area (Å²) in [4.78, 5) is 21.5. The highest BCUT2D eigenvalue weighted by Gasteiger charge is 2.16. The highest BCUT2D eigenvalue weighted by Crippen LogP contribution is 2.17. The number of hydrogen-bond acceptors (Lipinski definition) is 5. The fraction of sp³-hybridized carbons (Fsp3) is 0.455. The number of aromatic nitrogens is 1. The first-order chi connectivity index (χ1) is 13.6. The average molecular weight is 383 g/mol. The van der Waals surface area contributed by atoms with Crippen LogP contribution in [0, 0.1) is 5.92 Å². The SMILES string of the molecule is CC(C)CN1CCCN(c2ccc(NC(=O)COc3ccccc3)cn2)CC1. The highest BCUT2D eigenvalue weighted by molar-refractivity contribution is 5.91. The third-order valence-corrected chi connectivity index (χ3v) is 4.68. The molecule has 1 fully saturated rings. The first-order valence-electron chi connectivity index (χ1n) is 10.0. The third-order valence-electron chi connectivity index (χ3n) is 4.68. The van der Waals surface area contributed by atoms with E-state index in [9.17, 15) is 4.79 Å². The zero-order chi connectivity index (χ0) is 19.8. The van der Waals surface area contributed by atoms with Crippen LogP contribution in [-0.2, 0) is 4.79 Å². The number of amides is 1. The zero-order valence-electron chi connectivity index (χ0n) is 16.8. The van der Waals surface area contributed by atoms with E-state index in [-0.39, 0.29) is 12.5 Å². The Bertz CT molecular complexity index is 734. The Balaban J connectivity index is 1.48. The van der Waals surface area contributed by atoms with Gasteiger partial charge in [0, 0.05) is 26.2 Å². The minimum absolute atomic E-state index is 0.0242. The lowest BCUT2D eigenvalue weighted by molar-refractivity contribution is -0.118. The fourth-order valence-electron chi connectivity index (χ4n) is 3.41. The molecule has 150 valence electrons. The second kappa shape index (κ2) is 10.1. The molecular weight excluding hydrogens is 352 g/mol. The van der Waals surface area contributed by atoms with Gasteiger partial charge in [0.1, 0.15) is 11.6 Å². The molecule has 2 aromatic rings. The number of pyridine rings is 1. The molecule has 0 aliphatic carbocycles. The number of hydrogen-bond donors (Lipinski definition) is 1. The van der Waals surface area contributed by atoms with Gasteiger partial charge in [-0.2, -0.15) is 0 Å². The summed E-state index contributed by atoms with van der Waals surface area (Å²) in [6.45, 7) is 9.86. The van der Waals surface area contributed by atoms with Crippen LogP contribution in [-0.4, -0.2) is 55.1 Å². The molecule has 1 saturated heterocycles. The number of nitrogens with one attached hydrogen (secondary N) is 1. The summed E-state index contributed by atoms with van der Waals surface area (Å²) in [5, 5.41) is 2.83.